The summed E-state index contributed by atoms with van der Waals surface area (Å²) in [4.78, 5) is 31.2. The molecule has 1 amide bonds. The number of amides is 1. The van der Waals surface area contributed by atoms with Crippen molar-refractivity contribution in [3.05, 3.63) is 59.9 Å². The standard InChI is InChI=1S/C20H22N2O3/c1-25-18-9-7-15(8-10-18)19(23)14-17-6-4-12-22(17)20(24)13-16-5-2-3-11-21-16/h2-3,5,7-11,17H,4,6,12-14H2,1H3/t17-/m0/s1. The number of rotatable bonds is 6. The molecule has 1 atom stereocenters. The lowest BCUT2D eigenvalue weighted by Crippen LogP contribution is -2.38. The maximum absolute atomic E-state index is 12.6. The van der Waals surface area contributed by atoms with Crippen LogP contribution in [0.15, 0.2) is 48.7 Å². The Hall–Kier alpha value is -2.69. The lowest BCUT2D eigenvalue weighted by Gasteiger charge is -2.24. The number of likely N-dealkylation sites (tertiary alicyclic amines) is 1. The number of carbonyl (C=O) groups excluding carboxylic acids is 2. The van der Waals surface area contributed by atoms with Crippen LogP contribution >= 0.6 is 0 Å². The second kappa shape index (κ2) is 7.92. The van der Waals surface area contributed by atoms with E-state index in [1.165, 1.54) is 0 Å². The number of hydrogen-bond donors (Lipinski definition) is 0. The number of nitrogens with zero attached hydrogens (tertiary/aromatic N) is 2. The van der Waals surface area contributed by atoms with E-state index in [4.69, 9.17) is 4.74 Å². The van der Waals surface area contributed by atoms with E-state index >= 15 is 0 Å². The molecular formula is C20H22N2O3. The van der Waals surface area contributed by atoms with Crippen LogP contribution in [0.1, 0.15) is 35.3 Å². The van der Waals surface area contributed by atoms with Gasteiger partial charge in [-0.3, -0.25) is 14.6 Å². The van der Waals surface area contributed by atoms with Gasteiger partial charge in [0.25, 0.3) is 0 Å². The van der Waals surface area contributed by atoms with Crippen LogP contribution in [0.3, 0.4) is 0 Å². The van der Waals surface area contributed by atoms with Gasteiger partial charge in [0.1, 0.15) is 5.75 Å². The van der Waals surface area contributed by atoms with Crippen molar-refractivity contribution in [2.75, 3.05) is 13.7 Å². The molecule has 0 unspecified atom stereocenters. The highest BCUT2D eigenvalue weighted by Crippen LogP contribution is 2.23. The maximum atomic E-state index is 12.6. The van der Waals surface area contributed by atoms with E-state index in [1.807, 2.05) is 23.1 Å². The van der Waals surface area contributed by atoms with Gasteiger partial charge in [0, 0.05) is 36.5 Å². The molecule has 1 aromatic carbocycles. The molecule has 2 heterocycles. The maximum Gasteiger partial charge on any atom is 0.228 e. The molecule has 5 heteroatoms. The van der Waals surface area contributed by atoms with Crippen LogP contribution in [0, 0.1) is 0 Å². The number of ether oxygens (including phenoxy) is 1. The SMILES string of the molecule is COc1ccc(C(=O)C[C@@H]2CCCN2C(=O)Cc2ccccn2)cc1. The smallest absolute Gasteiger partial charge is 0.228 e. The molecule has 0 spiro atoms. The lowest BCUT2D eigenvalue weighted by molar-refractivity contribution is -0.131. The molecule has 25 heavy (non-hydrogen) atoms. The minimum absolute atomic E-state index is 0.0224. The largest absolute Gasteiger partial charge is 0.497 e. The van der Waals surface area contributed by atoms with Gasteiger partial charge in [0.2, 0.25) is 5.91 Å². The normalized spacial score (nSPS) is 16.7. The third kappa shape index (κ3) is 4.24. The molecule has 3 rings (SSSR count). The first-order chi connectivity index (χ1) is 12.2. The number of carbonyl (C=O) groups is 2. The second-order valence-electron chi connectivity index (χ2n) is 6.24. The fourth-order valence-electron chi connectivity index (χ4n) is 3.24. The average Bonchev–Trinajstić information content (AvgIpc) is 3.11. The molecule has 0 aliphatic carbocycles. The van der Waals surface area contributed by atoms with Gasteiger partial charge < -0.3 is 9.64 Å². The Morgan fingerprint density at radius 3 is 2.68 bits per heavy atom. The minimum Gasteiger partial charge on any atom is -0.497 e. The fourth-order valence-corrected chi connectivity index (χ4v) is 3.24. The highest BCUT2D eigenvalue weighted by Gasteiger charge is 2.30. The van der Waals surface area contributed by atoms with E-state index < -0.39 is 0 Å². The molecule has 2 aromatic rings. The molecule has 0 saturated carbocycles. The van der Waals surface area contributed by atoms with Gasteiger partial charge in [-0.15, -0.1) is 0 Å². The molecular weight excluding hydrogens is 316 g/mol. The zero-order valence-electron chi connectivity index (χ0n) is 14.4. The van der Waals surface area contributed by atoms with Crippen molar-refractivity contribution < 1.29 is 14.3 Å². The van der Waals surface area contributed by atoms with Gasteiger partial charge >= 0.3 is 0 Å². The van der Waals surface area contributed by atoms with Crippen LogP contribution in [0.4, 0.5) is 0 Å². The number of Topliss-reactive ketones (excluding diaryl/α,β-unsaturated/α-hetero) is 1. The Labute approximate surface area is 147 Å². The zero-order valence-corrected chi connectivity index (χ0v) is 14.4. The van der Waals surface area contributed by atoms with E-state index in [0.717, 1.165) is 24.3 Å². The Balaban J connectivity index is 1.62. The summed E-state index contributed by atoms with van der Waals surface area (Å²) >= 11 is 0. The molecule has 130 valence electrons. The van der Waals surface area contributed by atoms with Crippen molar-refractivity contribution in [1.29, 1.82) is 0 Å². The highest BCUT2D eigenvalue weighted by molar-refractivity contribution is 5.96. The van der Waals surface area contributed by atoms with Gasteiger partial charge in [-0.25, -0.2) is 0 Å². The van der Waals surface area contributed by atoms with Crippen LogP contribution in [-0.2, 0) is 11.2 Å². The number of ketones is 1. The third-order valence-corrected chi connectivity index (χ3v) is 4.59. The van der Waals surface area contributed by atoms with Crippen molar-refractivity contribution in [2.45, 2.75) is 31.7 Å². The first-order valence-electron chi connectivity index (χ1n) is 8.54. The number of benzene rings is 1. The fraction of sp³-hybridized carbons (Fsp3) is 0.350. The van der Waals surface area contributed by atoms with Gasteiger partial charge in [-0.2, -0.15) is 0 Å². The predicted molar refractivity (Wildman–Crippen MR) is 94.6 cm³/mol. The Morgan fingerprint density at radius 1 is 1.20 bits per heavy atom. The topological polar surface area (TPSA) is 59.5 Å². The van der Waals surface area contributed by atoms with Gasteiger partial charge in [-0.05, 0) is 49.2 Å². The first kappa shape index (κ1) is 17.1. The van der Waals surface area contributed by atoms with E-state index in [2.05, 4.69) is 4.98 Å². The Bertz CT molecular complexity index is 728. The minimum atomic E-state index is -0.0224. The second-order valence-corrected chi connectivity index (χ2v) is 6.24. The summed E-state index contributed by atoms with van der Waals surface area (Å²) in [5.74, 6) is 0.832. The average molecular weight is 338 g/mol. The molecule has 1 aliphatic rings. The van der Waals surface area contributed by atoms with Crippen molar-refractivity contribution in [3.63, 3.8) is 0 Å². The summed E-state index contributed by atoms with van der Waals surface area (Å²) in [6.07, 6.45) is 4.15. The van der Waals surface area contributed by atoms with Crippen molar-refractivity contribution in [1.82, 2.24) is 9.88 Å². The van der Waals surface area contributed by atoms with E-state index in [1.54, 1.807) is 37.6 Å². The molecule has 0 bridgehead atoms. The Kier molecular flexibility index (Phi) is 5.43. The van der Waals surface area contributed by atoms with Gasteiger partial charge in [0.15, 0.2) is 5.78 Å². The molecule has 0 radical (unpaired) electrons. The summed E-state index contributed by atoms with van der Waals surface area (Å²) in [6.45, 7) is 0.715. The lowest BCUT2D eigenvalue weighted by atomic mass is 10.0. The summed E-state index contributed by atoms with van der Waals surface area (Å²) in [6, 6.07) is 12.7. The van der Waals surface area contributed by atoms with Crippen LogP contribution in [0.2, 0.25) is 0 Å². The number of hydrogen-bond acceptors (Lipinski definition) is 4. The van der Waals surface area contributed by atoms with E-state index in [0.29, 0.717) is 18.5 Å². The molecule has 1 aliphatic heterocycles. The van der Waals surface area contributed by atoms with Gasteiger partial charge in [0.05, 0.1) is 13.5 Å². The third-order valence-electron chi connectivity index (χ3n) is 4.59. The van der Waals surface area contributed by atoms with Crippen molar-refractivity contribution in [2.24, 2.45) is 0 Å². The molecule has 0 N–H and O–H groups in total. The summed E-state index contributed by atoms with van der Waals surface area (Å²) in [7, 11) is 1.60. The Morgan fingerprint density at radius 2 is 2.00 bits per heavy atom. The van der Waals surface area contributed by atoms with E-state index in [-0.39, 0.29) is 24.2 Å². The molecule has 5 nitrogen and oxygen atoms in total. The van der Waals surface area contributed by atoms with Gasteiger partial charge in [-0.1, -0.05) is 6.07 Å². The van der Waals surface area contributed by atoms with Crippen LogP contribution < -0.4 is 4.74 Å². The molecule has 1 fully saturated rings. The monoisotopic (exact) mass is 338 g/mol. The molecule has 1 saturated heterocycles. The quantitative estimate of drug-likeness (QED) is 0.760. The van der Waals surface area contributed by atoms with Crippen LogP contribution in [-0.4, -0.2) is 41.3 Å². The number of aromatic nitrogens is 1. The summed E-state index contributed by atoms with van der Waals surface area (Å²) < 4.78 is 5.12. The predicted octanol–water partition coefficient (Wildman–Crippen LogP) is 2.90. The van der Waals surface area contributed by atoms with Crippen molar-refractivity contribution in [3.8, 4) is 5.75 Å². The van der Waals surface area contributed by atoms with Crippen molar-refractivity contribution >= 4 is 11.7 Å². The van der Waals surface area contributed by atoms with Crippen LogP contribution in [0.5, 0.6) is 5.75 Å². The molecule has 1 aromatic heterocycles. The summed E-state index contributed by atoms with van der Waals surface area (Å²) in [5.41, 5.74) is 1.42. The summed E-state index contributed by atoms with van der Waals surface area (Å²) in [5, 5.41) is 0. The number of methoxy groups -OCH3 is 1. The van der Waals surface area contributed by atoms with E-state index in [9.17, 15) is 9.59 Å². The first-order valence-corrected chi connectivity index (χ1v) is 8.54. The van der Waals surface area contributed by atoms with Crippen LogP contribution in [0.25, 0.3) is 0 Å². The highest BCUT2D eigenvalue weighted by atomic mass is 16.5. The number of pyridine rings is 1. The zero-order chi connectivity index (χ0) is 17.6.